The Hall–Kier alpha value is -1.26. The van der Waals surface area contributed by atoms with Crippen LogP contribution in [-0.4, -0.2) is 39.1 Å². The standard InChI is InChI=1S/C14H21N3O.ClH/c1-15-10-14(18)16-9-12-7-8-17(11-12)13-5-3-2-4-6-13;/h2-6,12,15H,7-11H2,1H3,(H,16,18);1H. The highest BCUT2D eigenvalue weighted by molar-refractivity contribution is 5.85. The first-order valence-electron chi connectivity index (χ1n) is 6.51. The molecule has 0 bridgehead atoms. The first-order chi connectivity index (χ1) is 8.79. The average molecular weight is 284 g/mol. The fraction of sp³-hybridized carbons (Fsp3) is 0.500. The topological polar surface area (TPSA) is 44.4 Å². The van der Waals surface area contributed by atoms with Crippen LogP contribution in [0.1, 0.15) is 6.42 Å². The van der Waals surface area contributed by atoms with Crippen LogP contribution in [0.15, 0.2) is 30.3 Å². The Kier molecular flexibility index (Phi) is 6.67. The number of carbonyl (C=O) groups excluding carboxylic acids is 1. The molecule has 1 aliphatic heterocycles. The highest BCUT2D eigenvalue weighted by atomic mass is 35.5. The zero-order valence-corrected chi connectivity index (χ0v) is 12.1. The predicted molar refractivity (Wildman–Crippen MR) is 80.9 cm³/mol. The van der Waals surface area contributed by atoms with Gasteiger partial charge in [-0.15, -0.1) is 12.4 Å². The Balaban J connectivity index is 0.00000180. The van der Waals surface area contributed by atoms with E-state index < -0.39 is 0 Å². The van der Waals surface area contributed by atoms with Crippen molar-refractivity contribution in [3.8, 4) is 0 Å². The fourth-order valence-corrected chi connectivity index (χ4v) is 2.35. The minimum atomic E-state index is 0. The van der Waals surface area contributed by atoms with Crippen LogP contribution in [0.5, 0.6) is 0 Å². The van der Waals surface area contributed by atoms with Crippen molar-refractivity contribution >= 4 is 24.0 Å². The molecule has 2 N–H and O–H groups in total. The molecule has 1 aromatic rings. The third-order valence-corrected chi connectivity index (χ3v) is 3.33. The summed E-state index contributed by atoms with van der Waals surface area (Å²) in [6.45, 7) is 3.29. The zero-order valence-electron chi connectivity index (χ0n) is 11.3. The van der Waals surface area contributed by atoms with Crippen LogP contribution in [0.4, 0.5) is 5.69 Å². The number of rotatable bonds is 5. The quantitative estimate of drug-likeness (QED) is 0.855. The molecule has 0 aromatic heterocycles. The van der Waals surface area contributed by atoms with E-state index in [4.69, 9.17) is 0 Å². The summed E-state index contributed by atoms with van der Waals surface area (Å²) in [5.41, 5.74) is 1.28. The summed E-state index contributed by atoms with van der Waals surface area (Å²) in [7, 11) is 1.78. The average Bonchev–Trinajstić information content (AvgIpc) is 2.87. The van der Waals surface area contributed by atoms with Crippen molar-refractivity contribution < 1.29 is 4.79 Å². The van der Waals surface area contributed by atoms with Crippen molar-refractivity contribution in [2.45, 2.75) is 6.42 Å². The van der Waals surface area contributed by atoms with E-state index in [0.29, 0.717) is 12.5 Å². The van der Waals surface area contributed by atoms with Gasteiger partial charge in [-0.3, -0.25) is 4.79 Å². The molecular weight excluding hydrogens is 262 g/mol. The summed E-state index contributed by atoms with van der Waals surface area (Å²) in [6.07, 6.45) is 1.15. The third-order valence-electron chi connectivity index (χ3n) is 3.33. The number of nitrogens with one attached hydrogen (secondary N) is 2. The van der Waals surface area contributed by atoms with E-state index in [9.17, 15) is 4.79 Å². The van der Waals surface area contributed by atoms with E-state index in [0.717, 1.165) is 26.1 Å². The molecule has 0 saturated carbocycles. The minimum absolute atomic E-state index is 0. The molecule has 5 heteroatoms. The van der Waals surface area contributed by atoms with Gasteiger partial charge >= 0.3 is 0 Å². The van der Waals surface area contributed by atoms with Crippen LogP contribution < -0.4 is 15.5 Å². The van der Waals surface area contributed by atoms with Gasteiger partial charge in [0, 0.05) is 25.3 Å². The largest absolute Gasteiger partial charge is 0.371 e. The van der Waals surface area contributed by atoms with Crippen molar-refractivity contribution in [3.63, 3.8) is 0 Å². The Morgan fingerprint density at radius 1 is 1.37 bits per heavy atom. The van der Waals surface area contributed by atoms with E-state index in [1.54, 1.807) is 7.05 Å². The number of nitrogens with zero attached hydrogens (tertiary/aromatic N) is 1. The second-order valence-corrected chi connectivity index (χ2v) is 4.77. The van der Waals surface area contributed by atoms with Gasteiger partial charge in [0.2, 0.25) is 5.91 Å². The van der Waals surface area contributed by atoms with Crippen molar-refractivity contribution in [3.05, 3.63) is 30.3 Å². The number of benzene rings is 1. The van der Waals surface area contributed by atoms with Crippen molar-refractivity contribution in [1.29, 1.82) is 0 Å². The highest BCUT2D eigenvalue weighted by Gasteiger charge is 2.22. The summed E-state index contributed by atoms with van der Waals surface area (Å²) in [6, 6.07) is 10.5. The molecule has 4 nitrogen and oxygen atoms in total. The maximum atomic E-state index is 11.4. The number of hydrogen-bond donors (Lipinski definition) is 2. The van der Waals surface area contributed by atoms with Crippen molar-refractivity contribution in [2.24, 2.45) is 5.92 Å². The van der Waals surface area contributed by atoms with Crippen LogP contribution in [0, 0.1) is 5.92 Å². The van der Waals surface area contributed by atoms with E-state index in [1.807, 2.05) is 6.07 Å². The molecule has 1 aromatic carbocycles. The molecule has 0 spiro atoms. The Morgan fingerprint density at radius 2 is 2.11 bits per heavy atom. The van der Waals surface area contributed by atoms with Crippen molar-refractivity contribution in [1.82, 2.24) is 10.6 Å². The smallest absolute Gasteiger partial charge is 0.233 e. The van der Waals surface area contributed by atoms with Crippen LogP contribution in [-0.2, 0) is 4.79 Å². The number of amides is 1. The monoisotopic (exact) mass is 283 g/mol. The van der Waals surface area contributed by atoms with Crippen LogP contribution in [0.3, 0.4) is 0 Å². The van der Waals surface area contributed by atoms with Gasteiger partial charge in [-0.2, -0.15) is 0 Å². The van der Waals surface area contributed by atoms with Crippen LogP contribution in [0.25, 0.3) is 0 Å². The van der Waals surface area contributed by atoms with Crippen molar-refractivity contribution in [2.75, 3.05) is 38.1 Å². The van der Waals surface area contributed by atoms with Gasteiger partial charge in [-0.05, 0) is 31.5 Å². The molecule has 1 aliphatic rings. The minimum Gasteiger partial charge on any atom is -0.371 e. The third kappa shape index (κ3) is 4.73. The number of halogens is 1. The summed E-state index contributed by atoms with van der Waals surface area (Å²) in [5.74, 6) is 0.640. The molecule has 1 heterocycles. The van der Waals surface area contributed by atoms with Gasteiger partial charge in [0.15, 0.2) is 0 Å². The lowest BCUT2D eigenvalue weighted by Crippen LogP contribution is -2.36. The molecule has 1 amide bonds. The lowest BCUT2D eigenvalue weighted by atomic mass is 10.1. The van der Waals surface area contributed by atoms with Gasteiger partial charge in [0.05, 0.1) is 6.54 Å². The van der Waals surface area contributed by atoms with E-state index in [1.165, 1.54) is 5.69 Å². The van der Waals surface area contributed by atoms with E-state index in [2.05, 4.69) is 39.8 Å². The second-order valence-electron chi connectivity index (χ2n) is 4.77. The lowest BCUT2D eigenvalue weighted by Gasteiger charge is -2.18. The molecule has 0 radical (unpaired) electrons. The predicted octanol–water partition coefficient (Wildman–Crippen LogP) is 1.27. The van der Waals surface area contributed by atoms with Gasteiger partial charge in [-0.25, -0.2) is 0 Å². The molecule has 106 valence electrons. The Morgan fingerprint density at radius 3 is 2.79 bits per heavy atom. The van der Waals surface area contributed by atoms with E-state index >= 15 is 0 Å². The van der Waals surface area contributed by atoms with Crippen LogP contribution in [0.2, 0.25) is 0 Å². The summed E-state index contributed by atoms with van der Waals surface area (Å²) < 4.78 is 0. The molecule has 1 unspecified atom stereocenters. The molecular formula is C14H22ClN3O. The molecule has 1 saturated heterocycles. The molecule has 1 atom stereocenters. The normalized spacial score (nSPS) is 17.9. The molecule has 2 rings (SSSR count). The Bertz CT molecular complexity index is 386. The second kappa shape index (κ2) is 8.02. The highest BCUT2D eigenvalue weighted by Crippen LogP contribution is 2.22. The zero-order chi connectivity index (χ0) is 12.8. The number of hydrogen-bond acceptors (Lipinski definition) is 3. The summed E-state index contributed by atoms with van der Waals surface area (Å²) in [4.78, 5) is 13.7. The number of anilines is 1. The maximum Gasteiger partial charge on any atom is 0.233 e. The number of para-hydroxylation sites is 1. The van der Waals surface area contributed by atoms with Gasteiger partial charge in [-0.1, -0.05) is 18.2 Å². The molecule has 19 heavy (non-hydrogen) atoms. The van der Waals surface area contributed by atoms with Crippen LogP contribution >= 0.6 is 12.4 Å². The molecule has 0 aliphatic carbocycles. The lowest BCUT2D eigenvalue weighted by molar-refractivity contribution is -0.120. The van der Waals surface area contributed by atoms with Gasteiger partial charge in [0.1, 0.15) is 0 Å². The first kappa shape index (κ1) is 15.8. The summed E-state index contributed by atoms with van der Waals surface area (Å²) in [5, 5.41) is 5.82. The first-order valence-corrected chi connectivity index (χ1v) is 6.51. The SMILES string of the molecule is CNCC(=O)NCC1CCN(c2ccccc2)C1.Cl. The number of carbonyl (C=O) groups is 1. The fourth-order valence-electron chi connectivity index (χ4n) is 2.35. The van der Waals surface area contributed by atoms with Gasteiger partial charge < -0.3 is 15.5 Å². The van der Waals surface area contributed by atoms with Gasteiger partial charge in [0.25, 0.3) is 0 Å². The van der Waals surface area contributed by atoms with E-state index in [-0.39, 0.29) is 18.3 Å². The number of likely N-dealkylation sites (N-methyl/N-ethyl adjacent to an activating group) is 1. The Labute approximate surface area is 121 Å². The molecule has 1 fully saturated rings. The maximum absolute atomic E-state index is 11.4. The summed E-state index contributed by atoms with van der Waals surface area (Å²) >= 11 is 0.